The Bertz CT molecular complexity index is 1180. The molecule has 36 heavy (non-hydrogen) atoms. The lowest BCUT2D eigenvalue weighted by Crippen LogP contribution is -2.35. The molecule has 188 valence electrons. The Labute approximate surface area is 216 Å². The highest BCUT2D eigenvalue weighted by Crippen LogP contribution is 2.15. The summed E-state index contributed by atoms with van der Waals surface area (Å²) in [6.07, 6.45) is 4.66. The Morgan fingerprint density at radius 2 is 1.47 bits per heavy atom. The standard InChI is InChI=1S/C29H31ClN2O4/c1-2-3-4-6-21-9-11-22(12-10-21)18-31-27(33)25-8-5-7-24(17-25)20-32(28(34)29(35)36)19-23-13-15-26(30)16-14-23/h5,7-17H,2-4,6,18-20H2,1H3,(H,31,33)(H,35,36). The highest BCUT2D eigenvalue weighted by Gasteiger charge is 2.22. The van der Waals surface area contributed by atoms with Crippen LogP contribution in [0.3, 0.4) is 0 Å². The molecule has 0 bridgehead atoms. The molecule has 0 atom stereocenters. The molecule has 3 aromatic rings. The molecule has 0 heterocycles. The Hall–Kier alpha value is -3.64. The quantitative estimate of drug-likeness (QED) is 0.261. The van der Waals surface area contributed by atoms with Gasteiger partial charge in [-0.15, -0.1) is 0 Å². The van der Waals surface area contributed by atoms with Gasteiger partial charge < -0.3 is 15.3 Å². The zero-order valence-corrected chi connectivity index (χ0v) is 21.1. The van der Waals surface area contributed by atoms with Gasteiger partial charge in [0.05, 0.1) is 0 Å². The number of aliphatic carboxylic acids is 1. The molecule has 0 saturated carbocycles. The van der Waals surface area contributed by atoms with E-state index in [4.69, 9.17) is 11.6 Å². The van der Waals surface area contributed by atoms with E-state index in [2.05, 4.69) is 24.4 Å². The number of carbonyl (C=O) groups is 3. The molecule has 0 aliphatic carbocycles. The highest BCUT2D eigenvalue weighted by atomic mass is 35.5. The SMILES string of the molecule is CCCCCc1ccc(CNC(=O)c2cccc(CN(Cc3ccc(Cl)cc3)C(=O)C(=O)O)c2)cc1. The maximum absolute atomic E-state index is 12.8. The van der Waals surface area contributed by atoms with Crippen molar-refractivity contribution in [2.45, 2.75) is 52.2 Å². The molecule has 0 unspecified atom stereocenters. The monoisotopic (exact) mass is 506 g/mol. The number of carbonyl (C=O) groups excluding carboxylic acids is 2. The summed E-state index contributed by atoms with van der Waals surface area (Å²) < 4.78 is 0. The molecule has 3 rings (SSSR count). The zero-order valence-electron chi connectivity index (χ0n) is 20.4. The van der Waals surface area contributed by atoms with Crippen LogP contribution in [-0.4, -0.2) is 27.8 Å². The van der Waals surface area contributed by atoms with Crippen LogP contribution in [0.25, 0.3) is 0 Å². The van der Waals surface area contributed by atoms with E-state index < -0.39 is 11.9 Å². The lowest BCUT2D eigenvalue weighted by molar-refractivity contribution is -0.156. The number of rotatable bonds is 11. The molecule has 0 radical (unpaired) electrons. The number of hydrogen-bond acceptors (Lipinski definition) is 3. The van der Waals surface area contributed by atoms with Gasteiger partial charge in [0.15, 0.2) is 0 Å². The smallest absolute Gasteiger partial charge is 0.394 e. The molecule has 0 aliphatic rings. The van der Waals surface area contributed by atoms with E-state index >= 15 is 0 Å². The van der Waals surface area contributed by atoms with Crippen molar-refractivity contribution in [3.8, 4) is 0 Å². The van der Waals surface area contributed by atoms with E-state index in [9.17, 15) is 19.5 Å². The Kier molecular flexibility index (Phi) is 10.1. The fraction of sp³-hybridized carbons (Fsp3) is 0.276. The maximum atomic E-state index is 12.8. The van der Waals surface area contributed by atoms with E-state index in [1.54, 1.807) is 48.5 Å². The number of hydrogen-bond donors (Lipinski definition) is 2. The minimum absolute atomic E-state index is 0.0500. The number of amides is 2. The molecular formula is C29H31ClN2O4. The normalized spacial score (nSPS) is 10.6. The summed E-state index contributed by atoms with van der Waals surface area (Å²) in [7, 11) is 0. The van der Waals surface area contributed by atoms with Gasteiger partial charge in [0, 0.05) is 30.2 Å². The summed E-state index contributed by atoms with van der Waals surface area (Å²) in [5.41, 5.74) is 4.16. The van der Waals surface area contributed by atoms with E-state index in [0.717, 1.165) is 17.5 Å². The average Bonchev–Trinajstić information content (AvgIpc) is 2.88. The van der Waals surface area contributed by atoms with E-state index in [-0.39, 0.29) is 19.0 Å². The molecule has 0 saturated heterocycles. The molecule has 0 aromatic heterocycles. The second kappa shape index (κ2) is 13.4. The lowest BCUT2D eigenvalue weighted by Gasteiger charge is -2.21. The Morgan fingerprint density at radius 1 is 0.833 bits per heavy atom. The molecule has 0 aliphatic heterocycles. The predicted molar refractivity (Wildman–Crippen MR) is 141 cm³/mol. The van der Waals surface area contributed by atoms with Crippen molar-refractivity contribution in [3.63, 3.8) is 0 Å². The third-order valence-corrected chi connectivity index (χ3v) is 6.12. The Balaban J connectivity index is 1.62. The first-order chi connectivity index (χ1) is 17.4. The minimum Gasteiger partial charge on any atom is -0.474 e. The molecule has 6 nitrogen and oxygen atoms in total. The number of benzene rings is 3. The van der Waals surface area contributed by atoms with Crippen LogP contribution in [0.2, 0.25) is 5.02 Å². The Morgan fingerprint density at radius 3 is 2.14 bits per heavy atom. The van der Waals surface area contributed by atoms with Gasteiger partial charge in [-0.05, 0) is 59.4 Å². The number of nitrogens with one attached hydrogen (secondary N) is 1. The fourth-order valence-corrected chi connectivity index (χ4v) is 3.99. The average molecular weight is 507 g/mol. The minimum atomic E-state index is -1.53. The summed E-state index contributed by atoms with van der Waals surface area (Å²) in [5, 5.41) is 12.7. The first kappa shape index (κ1) is 27.0. The second-order valence-corrected chi connectivity index (χ2v) is 9.19. The summed E-state index contributed by atoms with van der Waals surface area (Å²) in [4.78, 5) is 37.7. The van der Waals surface area contributed by atoms with Crippen LogP contribution in [0, 0.1) is 0 Å². The molecule has 2 amide bonds. The van der Waals surface area contributed by atoms with Crippen molar-refractivity contribution in [2.24, 2.45) is 0 Å². The van der Waals surface area contributed by atoms with Crippen molar-refractivity contribution >= 4 is 29.4 Å². The molecular weight excluding hydrogens is 476 g/mol. The van der Waals surface area contributed by atoms with Gasteiger partial charge >= 0.3 is 11.9 Å². The van der Waals surface area contributed by atoms with Crippen LogP contribution in [0.15, 0.2) is 72.8 Å². The molecule has 7 heteroatoms. The fourth-order valence-electron chi connectivity index (χ4n) is 3.86. The number of unbranched alkanes of at least 4 members (excludes halogenated alkanes) is 2. The van der Waals surface area contributed by atoms with E-state index in [1.165, 1.54) is 29.7 Å². The van der Waals surface area contributed by atoms with Crippen LogP contribution in [-0.2, 0) is 35.6 Å². The number of aryl methyl sites for hydroxylation is 1. The topological polar surface area (TPSA) is 86.7 Å². The van der Waals surface area contributed by atoms with Gasteiger partial charge in [-0.3, -0.25) is 9.59 Å². The summed E-state index contributed by atoms with van der Waals surface area (Å²) >= 11 is 5.92. The molecule has 3 aromatic carbocycles. The van der Waals surface area contributed by atoms with Crippen LogP contribution < -0.4 is 5.32 Å². The van der Waals surface area contributed by atoms with E-state index in [0.29, 0.717) is 22.7 Å². The largest absolute Gasteiger partial charge is 0.474 e. The van der Waals surface area contributed by atoms with Crippen molar-refractivity contribution in [3.05, 3.63) is 106 Å². The second-order valence-electron chi connectivity index (χ2n) is 8.75. The molecule has 0 fully saturated rings. The third kappa shape index (κ3) is 8.24. The maximum Gasteiger partial charge on any atom is 0.394 e. The number of carboxylic acid groups (broad SMARTS) is 1. The van der Waals surface area contributed by atoms with Gasteiger partial charge in [0.1, 0.15) is 0 Å². The summed E-state index contributed by atoms with van der Waals surface area (Å²) in [6.45, 7) is 2.74. The van der Waals surface area contributed by atoms with Crippen LogP contribution >= 0.6 is 11.6 Å². The number of carboxylic acids is 1. The third-order valence-electron chi connectivity index (χ3n) is 5.86. The summed E-state index contributed by atoms with van der Waals surface area (Å²) in [5.74, 6) is -2.79. The lowest BCUT2D eigenvalue weighted by atomic mass is 10.1. The van der Waals surface area contributed by atoms with E-state index in [1.807, 2.05) is 12.1 Å². The molecule has 2 N–H and O–H groups in total. The molecule has 0 spiro atoms. The number of nitrogens with zero attached hydrogens (tertiary/aromatic N) is 1. The van der Waals surface area contributed by atoms with Crippen LogP contribution in [0.5, 0.6) is 0 Å². The van der Waals surface area contributed by atoms with Gasteiger partial charge in [-0.2, -0.15) is 0 Å². The van der Waals surface area contributed by atoms with Gasteiger partial charge in [-0.25, -0.2) is 4.79 Å². The van der Waals surface area contributed by atoms with Crippen molar-refractivity contribution in [2.75, 3.05) is 0 Å². The summed E-state index contributed by atoms with van der Waals surface area (Å²) in [6, 6.07) is 22.0. The van der Waals surface area contributed by atoms with Crippen molar-refractivity contribution in [1.82, 2.24) is 10.2 Å². The predicted octanol–water partition coefficient (Wildman–Crippen LogP) is 5.62. The van der Waals surface area contributed by atoms with Crippen molar-refractivity contribution < 1.29 is 19.5 Å². The highest BCUT2D eigenvalue weighted by molar-refractivity contribution is 6.31. The van der Waals surface area contributed by atoms with Gasteiger partial charge in [0.2, 0.25) is 0 Å². The van der Waals surface area contributed by atoms with Crippen molar-refractivity contribution in [1.29, 1.82) is 0 Å². The first-order valence-corrected chi connectivity index (χ1v) is 12.4. The first-order valence-electron chi connectivity index (χ1n) is 12.1. The van der Waals surface area contributed by atoms with Crippen LogP contribution in [0.1, 0.15) is 58.8 Å². The zero-order chi connectivity index (χ0) is 25.9. The van der Waals surface area contributed by atoms with Crippen LogP contribution in [0.4, 0.5) is 0 Å². The van der Waals surface area contributed by atoms with Gasteiger partial charge in [0.25, 0.3) is 5.91 Å². The van der Waals surface area contributed by atoms with Gasteiger partial charge in [-0.1, -0.05) is 79.9 Å². The number of halogens is 1.